The van der Waals surface area contributed by atoms with E-state index in [0.717, 1.165) is 25.1 Å². The Morgan fingerprint density at radius 3 is 2.52 bits per heavy atom. The second-order valence-electron chi connectivity index (χ2n) is 13.9. The maximum Gasteiger partial charge on any atom is 0.256 e. The van der Waals surface area contributed by atoms with E-state index in [0.29, 0.717) is 52.1 Å². The molecular formula is C42H47ClFN3O5. The summed E-state index contributed by atoms with van der Waals surface area (Å²) in [6, 6.07) is 27.3. The number of methoxy groups -OCH3 is 1. The fourth-order valence-electron chi connectivity index (χ4n) is 6.05. The summed E-state index contributed by atoms with van der Waals surface area (Å²) < 4.78 is 33.1. The molecule has 0 spiro atoms. The number of hydrogen-bond donors (Lipinski definition) is 2. The lowest BCUT2D eigenvalue weighted by Gasteiger charge is -2.31. The van der Waals surface area contributed by atoms with E-state index in [1.54, 1.807) is 42.3 Å². The van der Waals surface area contributed by atoms with Crippen molar-refractivity contribution < 1.29 is 28.2 Å². The first kappa shape index (κ1) is 38.5. The van der Waals surface area contributed by atoms with Crippen LogP contribution >= 0.6 is 11.6 Å². The minimum absolute atomic E-state index is 0.0233. The lowest BCUT2D eigenvalue weighted by molar-refractivity contribution is -0.138. The van der Waals surface area contributed by atoms with Gasteiger partial charge in [-0.25, -0.2) is 4.39 Å². The molecule has 0 aromatic heterocycles. The van der Waals surface area contributed by atoms with E-state index in [9.17, 15) is 14.0 Å². The van der Waals surface area contributed by atoms with Gasteiger partial charge in [-0.2, -0.15) is 0 Å². The van der Waals surface area contributed by atoms with Crippen LogP contribution in [0.3, 0.4) is 0 Å². The fourth-order valence-corrected chi connectivity index (χ4v) is 6.24. The summed E-state index contributed by atoms with van der Waals surface area (Å²) in [4.78, 5) is 29.3. The molecule has 1 heterocycles. The van der Waals surface area contributed by atoms with Crippen molar-refractivity contribution in [2.45, 2.75) is 52.4 Å². The molecule has 0 radical (unpaired) electrons. The number of nitrogens with zero attached hydrogens (tertiary/aromatic N) is 1. The SMILES string of the molecule is COc1c(OCCCNCC=Cc2ccccc2)cccc1[C@@H]1O[C@@H](CC(=O)NCc2ccccc2F)C(=O)N(CC(C)(C)C)c2ccc(Cl)cc21. The second-order valence-corrected chi connectivity index (χ2v) is 14.3. The molecule has 2 N–H and O–H groups in total. The maximum absolute atomic E-state index is 14.3. The maximum atomic E-state index is 14.3. The highest BCUT2D eigenvalue weighted by atomic mass is 35.5. The van der Waals surface area contributed by atoms with Gasteiger partial charge < -0.3 is 29.7 Å². The van der Waals surface area contributed by atoms with Gasteiger partial charge in [-0.3, -0.25) is 9.59 Å². The highest BCUT2D eigenvalue weighted by Gasteiger charge is 2.40. The molecule has 8 nitrogen and oxygen atoms in total. The van der Waals surface area contributed by atoms with Crippen molar-refractivity contribution in [2.24, 2.45) is 5.41 Å². The third-order valence-corrected chi connectivity index (χ3v) is 8.70. The molecule has 274 valence electrons. The predicted molar refractivity (Wildman–Crippen MR) is 204 cm³/mol. The minimum atomic E-state index is -1.17. The molecule has 2 amide bonds. The number of nitrogens with one attached hydrogen (secondary N) is 2. The van der Waals surface area contributed by atoms with E-state index in [2.05, 4.69) is 34.9 Å². The number of hydrogen-bond acceptors (Lipinski definition) is 6. The van der Waals surface area contributed by atoms with E-state index < -0.39 is 23.9 Å². The second kappa shape index (κ2) is 18.2. The number of para-hydroxylation sites is 1. The quantitative estimate of drug-likeness (QED) is 0.120. The van der Waals surface area contributed by atoms with E-state index in [4.69, 9.17) is 25.8 Å². The van der Waals surface area contributed by atoms with E-state index in [-0.39, 0.29) is 24.3 Å². The minimum Gasteiger partial charge on any atom is -0.492 e. The molecule has 0 unspecified atom stereocenters. The summed E-state index contributed by atoms with van der Waals surface area (Å²) in [6.07, 6.45) is 2.63. The van der Waals surface area contributed by atoms with Gasteiger partial charge in [-0.05, 0) is 54.3 Å². The van der Waals surface area contributed by atoms with E-state index in [1.165, 1.54) is 6.07 Å². The summed E-state index contributed by atoms with van der Waals surface area (Å²) >= 11 is 6.58. The van der Waals surface area contributed by atoms with Crippen molar-refractivity contribution >= 4 is 35.2 Å². The molecule has 10 heteroatoms. The zero-order valence-corrected chi connectivity index (χ0v) is 30.9. The third-order valence-electron chi connectivity index (χ3n) is 8.47. The number of benzene rings is 4. The Morgan fingerprint density at radius 1 is 1.00 bits per heavy atom. The molecular weight excluding hydrogens is 681 g/mol. The number of anilines is 1. The summed E-state index contributed by atoms with van der Waals surface area (Å²) in [5.41, 5.74) is 3.11. The number of carbonyl (C=O) groups excluding carboxylic acids is 2. The third kappa shape index (κ3) is 10.4. The molecule has 4 aromatic rings. The lowest BCUT2D eigenvalue weighted by Crippen LogP contribution is -2.45. The average molecular weight is 728 g/mol. The lowest BCUT2D eigenvalue weighted by atomic mass is 9.94. The van der Waals surface area contributed by atoms with Crippen LogP contribution < -0.4 is 25.0 Å². The average Bonchev–Trinajstić information content (AvgIpc) is 3.22. The molecule has 0 aliphatic carbocycles. The van der Waals surface area contributed by atoms with Gasteiger partial charge in [-0.15, -0.1) is 0 Å². The number of carbonyl (C=O) groups is 2. The van der Waals surface area contributed by atoms with Crippen LogP contribution in [0.25, 0.3) is 6.08 Å². The van der Waals surface area contributed by atoms with Crippen LogP contribution in [-0.4, -0.2) is 51.3 Å². The molecule has 2 atom stereocenters. The van der Waals surface area contributed by atoms with Gasteiger partial charge in [0.25, 0.3) is 5.91 Å². The molecule has 0 fully saturated rings. The van der Waals surface area contributed by atoms with Gasteiger partial charge in [0.2, 0.25) is 5.91 Å². The van der Waals surface area contributed by atoms with Gasteiger partial charge in [0.15, 0.2) is 11.5 Å². The standard InChI is InChI=1S/C42H47ClFN3O5/c1-42(2,3)28-47-35-21-20-31(43)25-33(35)39(52-37(41(47)49)26-38(48)46-27-30-16-8-9-18-34(30)44)32-17-10-19-36(40(32)50-4)51-24-12-23-45-22-11-15-29-13-6-5-7-14-29/h5-11,13-21,25,37,39,45H,12,22-24,26-28H2,1-4H3,(H,46,48)/t37-,39-/m0/s1. The number of fused-ring (bicyclic) bond motifs is 1. The number of rotatable bonds is 15. The van der Waals surface area contributed by atoms with Crippen molar-refractivity contribution in [1.82, 2.24) is 10.6 Å². The van der Waals surface area contributed by atoms with Gasteiger partial charge in [0, 0.05) is 47.0 Å². The summed E-state index contributed by atoms with van der Waals surface area (Å²) in [7, 11) is 1.56. The smallest absolute Gasteiger partial charge is 0.256 e. The first-order valence-corrected chi connectivity index (χ1v) is 17.9. The van der Waals surface area contributed by atoms with Gasteiger partial charge in [-0.1, -0.05) is 105 Å². The highest BCUT2D eigenvalue weighted by Crippen LogP contribution is 2.45. The van der Waals surface area contributed by atoms with E-state index >= 15 is 0 Å². The Kier molecular flexibility index (Phi) is 13.5. The molecule has 1 aliphatic rings. The summed E-state index contributed by atoms with van der Waals surface area (Å²) in [6.45, 7) is 8.38. The Balaban J connectivity index is 1.36. The number of halogens is 2. The molecule has 52 heavy (non-hydrogen) atoms. The van der Waals surface area contributed by atoms with Crippen LogP contribution in [0.2, 0.25) is 5.02 Å². The zero-order valence-electron chi connectivity index (χ0n) is 30.2. The van der Waals surface area contributed by atoms with Crippen molar-refractivity contribution in [2.75, 3.05) is 38.3 Å². The van der Waals surface area contributed by atoms with Crippen LogP contribution in [0.1, 0.15) is 62.0 Å². The van der Waals surface area contributed by atoms with Crippen LogP contribution in [-0.2, 0) is 20.9 Å². The van der Waals surface area contributed by atoms with Gasteiger partial charge in [0.05, 0.1) is 20.1 Å². The largest absolute Gasteiger partial charge is 0.492 e. The summed E-state index contributed by atoms with van der Waals surface area (Å²) in [5, 5.41) is 6.63. The molecule has 4 aromatic carbocycles. The van der Waals surface area contributed by atoms with Crippen molar-refractivity contribution in [3.63, 3.8) is 0 Å². The first-order chi connectivity index (χ1) is 25.0. The Labute approximate surface area is 310 Å². The normalized spacial score (nSPS) is 16.0. The van der Waals surface area contributed by atoms with Crippen LogP contribution in [0.4, 0.5) is 10.1 Å². The molecule has 1 aliphatic heterocycles. The Morgan fingerprint density at radius 2 is 1.77 bits per heavy atom. The van der Waals surface area contributed by atoms with Crippen LogP contribution in [0.15, 0.2) is 97.1 Å². The van der Waals surface area contributed by atoms with Gasteiger partial charge >= 0.3 is 0 Å². The van der Waals surface area contributed by atoms with Crippen LogP contribution in [0.5, 0.6) is 11.5 Å². The predicted octanol–water partition coefficient (Wildman–Crippen LogP) is 8.13. The topological polar surface area (TPSA) is 89.1 Å². The van der Waals surface area contributed by atoms with E-state index in [1.807, 2.05) is 63.2 Å². The van der Waals surface area contributed by atoms with Crippen molar-refractivity contribution in [3.8, 4) is 11.5 Å². The monoisotopic (exact) mass is 727 g/mol. The van der Waals surface area contributed by atoms with Crippen molar-refractivity contribution in [1.29, 1.82) is 0 Å². The van der Waals surface area contributed by atoms with Crippen LogP contribution in [0, 0.1) is 11.2 Å². The molecule has 0 bridgehead atoms. The Hall–Kier alpha value is -4.70. The highest BCUT2D eigenvalue weighted by molar-refractivity contribution is 6.30. The van der Waals surface area contributed by atoms with Gasteiger partial charge in [0.1, 0.15) is 18.0 Å². The molecule has 0 saturated heterocycles. The number of ether oxygens (including phenoxy) is 3. The summed E-state index contributed by atoms with van der Waals surface area (Å²) in [5.74, 6) is -0.253. The molecule has 5 rings (SSSR count). The fraction of sp³-hybridized carbons (Fsp3) is 0.333. The Bertz CT molecular complexity index is 1850. The molecule has 0 saturated carbocycles. The zero-order chi connectivity index (χ0) is 37.1. The first-order valence-electron chi connectivity index (χ1n) is 17.5. The number of amides is 2. The van der Waals surface area contributed by atoms with Crippen molar-refractivity contribution in [3.05, 3.63) is 130 Å².